The zero-order valence-electron chi connectivity index (χ0n) is 23.3. The number of benzene rings is 2. The Bertz CT molecular complexity index is 1480. The van der Waals surface area contributed by atoms with E-state index < -0.39 is 10.8 Å². The van der Waals surface area contributed by atoms with Crippen molar-refractivity contribution in [3.63, 3.8) is 0 Å². The van der Waals surface area contributed by atoms with Crippen molar-refractivity contribution >= 4 is 45.0 Å². The summed E-state index contributed by atoms with van der Waals surface area (Å²) in [5.74, 6) is 1.84. The summed E-state index contributed by atoms with van der Waals surface area (Å²) in [6, 6.07) is 14.2. The summed E-state index contributed by atoms with van der Waals surface area (Å²) in [5, 5.41) is 11.4. The first-order chi connectivity index (χ1) is 18.8. The first-order valence-corrected chi connectivity index (χ1v) is 14.9. The number of fused-ring (bicyclic) bond motifs is 1. The maximum Gasteiger partial charge on any atom is 0.231 e. The predicted octanol–water partition coefficient (Wildman–Crippen LogP) is 6.87. The summed E-state index contributed by atoms with van der Waals surface area (Å²) in [4.78, 5) is 13.5. The molecule has 3 heterocycles. The number of ether oxygens (including phenoxy) is 1. The Balaban J connectivity index is 1.51. The third-order valence-electron chi connectivity index (χ3n) is 6.86. The van der Waals surface area contributed by atoms with Gasteiger partial charge in [0.05, 0.1) is 38.6 Å². The predicted molar refractivity (Wildman–Crippen MR) is 160 cm³/mol. The fraction of sp³-hybridized carbons (Fsp3) is 0.400. The molecule has 0 amide bonds. The Morgan fingerprint density at radius 2 is 1.85 bits per heavy atom. The van der Waals surface area contributed by atoms with Crippen LogP contribution in [0.3, 0.4) is 0 Å². The summed E-state index contributed by atoms with van der Waals surface area (Å²) in [6.45, 7) is 11.2. The summed E-state index contributed by atoms with van der Waals surface area (Å²) in [6.07, 6.45) is 5.43. The SMILES string of the molecule is Cc1cc(Nc2nc(Nc3ccccc3S(=O)C(C)C)c3cc[nH]c3n2)c(OC(C)C)cc1C1CCCCN1. The average Bonchev–Trinajstić information content (AvgIpc) is 3.39. The molecule has 1 fully saturated rings. The van der Waals surface area contributed by atoms with Crippen molar-refractivity contribution in [2.45, 2.75) is 76.2 Å². The van der Waals surface area contributed by atoms with Gasteiger partial charge in [-0.25, -0.2) is 0 Å². The van der Waals surface area contributed by atoms with Crippen LogP contribution in [0.25, 0.3) is 11.0 Å². The normalized spacial score (nSPS) is 16.5. The highest BCUT2D eigenvalue weighted by molar-refractivity contribution is 7.85. The number of hydrogen-bond acceptors (Lipinski definition) is 7. The van der Waals surface area contributed by atoms with Crippen LogP contribution in [0.1, 0.15) is 64.1 Å². The highest BCUT2D eigenvalue weighted by Gasteiger charge is 2.21. The van der Waals surface area contributed by atoms with Crippen molar-refractivity contribution in [2.75, 3.05) is 17.2 Å². The van der Waals surface area contributed by atoms with Crippen LogP contribution >= 0.6 is 0 Å². The summed E-state index contributed by atoms with van der Waals surface area (Å²) < 4.78 is 19.2. The molecule has 8 nitrogen and oxygen atoms in total. The number of H-pyrrole nitrogens is 1. The highest BCUT2D eigenvalue weighted by atomic mass is 32.2. The number of nitrogens with one attached hydrogen (secondary N) is 4. The molecular formula is C30H38N6O2S. The van der Waals surface area contributed by atoms with E-state index in [1.54, 1.807) is 0 Å². The number of nitrogens with zero attached hydrogens (tertiary/aromatic N) is 2. The van der Waals surface area contributed by atoms with Crippen molar-refractivity contribution in [1.82, 2.24) is 20.3 Å². The van der Waals surface area contributed by atoms with Gasteiger partial charge in [0.25, 0.3) is 0 Å². The molecule has 4 N–H and O–H groups in total. The third-order valence-corrected chi connectivity index (χ3v) is 8.51. The van der Waals surface area contributed by atoms with E-state index >= 15 is 0 Å². The van der Waals surface area contributed by atoms with Crippen molar-refractivity contribution in [3.05, 3.63) is 59.8 Å². The first-order valence-electron chi connectivity index (χ1n) is 13.7. The number of piperidine rings is 1. The van der Waals surface area contributed by atoms with E-state index in [0.29, 0.717) is 23.5 Å². The molecule has 2 aromatic carbocycles. The second-order valence-corrected chi connectivity index (χ2v) is 12.6. The Labute approximate surface area is 232 Å². The van der Waals surface area contributed by atoms with Crippen molar-refractivity contribution in [3.8, 4) is 5.75 Å². The number of para-hydroxylation sites is 1. The number of rotatable bonds is 9. The van der Waals surface area contributed by atoms with E-state index in [4.69, 9.17) is 14.7 Å². The van der Waals surface area contributed by atoms with Gasteiger partial charge >= 0.3 is 0 Å². The van der Waals surface area contributed by atoms with Gasteiger partial charge in [0.1, 0.15) is 17.2 Å². The smallest absolute Gasteiger partial charge is 0.231 e. The zero-order valence-corrected chi connectivity index (χ0v) is 24.1. The molecule has 9 heteroatoms. The van der Waals surface area contributed by atoms with Crippen LogP contribution in [-0.4, -0.2) is 37.1 Å². The van der Waals surface area contributed by atoms with Crippen LogP contribution in [0.2, 0.25) is 0 Å². The first kappa shape index (κ1) is 27.1. The molecule has 2 aromatic heterocycles. The number of hydrogen-bond donors (Lipinski definition) is 4. The van der Waals surface area contributed by atoms with Crippen LogP contribution in [0.4, 0.5) is 23.1 Å². The molecule has 2 atom stereocenters. The van der Waals surface area contributed by atoms with Crippen molar-refractivity contribution in [1.29, 1.82) is 0 Å². The molecule has 206 valence electrons. The maximum atomic E-state index is 13.0. The highest BCUT2D eigenvalue weighted by Crippen LogP contribution is 2.37. The molecule has 5 rings (SSSR count). The van der Waals surface area contributed by atoms with E-state index in [9.17, 15) is 4.21 Å². The van der Waals surface area contributed by atoms with Gasteiger partial charge in [-0.1, -0.05) is 32.4 Å². The molecule has 39 heavy (non-hydrogen) atoms. The van der Waals surface area contributed by atoms with Crippen LogP contribution < -0.4 is 20.7 Å². The fourth-order valence-corrected chi connectivity index (χ4v) is 6.04. The van der Waals surface area contributed by atoms with Crippen LogP contribution in [0.5, 0.6) is 5.75 Å². The molecule has 0 bridgehead atoms. The van der Waals surface area contributed by atoms with E-state index in [1.807, 2.05) is 64.2 Å². The molecule has 1 aliphatic rings. The molecule has 0 spiro atoms. The summed E-state index contributed by atoms with van der Waals surface area (Å²) in [7, 11) is -1.15. The minimum atomic E-state index is -1.15. The third kappa shape index (κ3) is 6.09. The van der Waals surface area contributed by atoms with Gasteiger partial charge in [-0.2, -0.15) is 9.97 Å². The lowest BCUT2D eigenvalue weighted by Crippen LogP contribution is -2.27. The maximum absolute atomic E-state index is 13.0. The second kappa shape index (κ2) is 11.8. The fourth-order valence-electron chi connectivity index (χ4n) is 4.99. The molecule has 0 aliphatic carbocycles. The standard InChI is InChI=1S/C30H38N6O2S/c1-18(2)38-26-17-22(23-10-8-9-14-31-23)20(5)16-25(26)34-30-35-28-21(13-15-32-28)29(36-30)33-24-11-6-7-12-27(24)39(37)19(3)4/h6-7,11-13,15-19,23,31H,8-10,14H2,1-5H3,(H3,32,33,34,35,36). The van der Waals surface area contributed by atoms with Gasteiger partial charge < -0.3 is 25.7 Å². The minimum absolute atomic E-state index is 0.00254. The van der Waals surface area contributed by atoms with Crippen LogP contribution in [-0.2, 0) is 10.8 Å². The molecule has 2 unspecified atom stereocenters. The molecular weight excluding hydrogens is 508 g/mol. The van der Waals surface area contributed by atoms with E-state index in [-0.39, 0.29) is 11.4 Å². The van der Waals surface area contributed by atoms with E-state index in [0.717, 1.165) is 40.4 Å². The van der Waals surface area contributed by atoms with Gasteiger partial charge in [0.2, 0.25) is 5.95 Å². The number of aromatic amines is 1. The Morgan fingerprint density at radius 1 is 1.03 bits per heavy atom. The Kier molecular flexibility index (Phi) is 8.18. The number of aryl methyl sites for hydroxylation is 1. The average molecular weight is 547 g/mol. The van der Waals surface area contributed by atoms with Gasteiger partial charge in [-0.05, 0) is 81.6 Å². The molecule has 4 aromatic rings. The Morgan fingerprint density at radius 3 is 2.59 bits per heavy atom. The van der Waals surface area contributed by atoms with Gasteiger partial charge in [0, 0.05) is 17.5 Å². The lowest BCUT2D eigenvalue weighted by Gasteiger charge is -2.27. The zero-order chi connectivity index (χ0) is 27.5. The second-order valence-electron chi connectivity index (χ2n) is 10.6. The molecule has 1 aliphatic heterocycles. The minimum Gasteiger partial charge on any atom is -0.489 e. The topological polar surface area (TPSA) is 104 Å². The summed E-state index contributed by atoms with van der Waals surface area (Å²) in [5.41, 5.74) is 4.74. The number of aromatic nitrogens is 3. The van der Waals surface area contributed by atoms with Crippen molar-refractivity contribution in [2.24, 2.45) is 0 Å². The van der Waals surface area contributed by atoms with E-state index in [1.165, 1.54) is 24.0 Å². The van der Waals surface area contributed by atoms with Gasteiger partial charge in [-0.15, -0.1) is 0 Å². The van der Waals surface area contributed by atoms with Gasteiger partial charge in [-0.3, -0.25) is 4.21 Å². The molecule has 0 saturated carbocycles. The van der Waals surface area contributed by atoms with Crippen LogP contribution in [0.15, 0.2) is 53.6 Å². The van der Waals surface area contributed by atoms with Gasteiger partial charge in [0.15, 0.2) is 0 Å². The molecule has 1 saturated heterocycles. The number of anilines is 4. The Hall–Kier alpha value is -3.43. The van der Waals surface area contributed by atoms with Crippen LogP contribution in [0, 0.1) is 6.92 Å². The van der Waals surface area contributed by atoms with Crippen molar-refractivity contribution < 1.29 is 8.95 Å². The molecule has 0 radical (unpaired) electrons. The summed E-state index contributed by atoms with van der Waals surface area (Å²) >= 11 is 0. The monoisotopic (exact) mass is 546 g/mol. The quantitative estimate of drug-likeness (QED) is 0.182. The lowest BCUT2D eigenvalue weighted by atomic mass is 9.93. The lowest BCUT2D eigenvalue weighted by molar-refractivity contribution is 0.243. The largest absolute Gasteiger partial charge is 0.489 e. The van der Waals surface area contributed by atoms with E-state index in [2.05, 4.69) is 40.0 Å².